The number of fused-ring (bicyclic) bond motifs is 1. The normalized spacial score (nSPS) is 11.2. The number of rotatable bonds is 7. The van der Waals surface area contributed by atoms with Gasteiger partial charge in [-0.25, -0.2) is 14.4 Å². The highest BCUT2D eigenvalue weighted by Gasteiger charge is 2.12. The molecule has 0 unspecified atom stereocenters. The van der Waals surface area contributed by atoms with Crippen LogP contribution in [0.3, 0.4) is 0 Å². The van der Waals surface area contributed by atoms with Crippen molar-refractivity contribution < 1.29 is 4.39 Å². The van der Waals surface area contributed by atoms with Gasteiger partial charge in [-0.3, -0.25) is 0 Å². The zero-order chi connectivity index (χ0) is 17.6. The number of hydrogen-bond acceptors (Lipinski definition) is 4. The van der Waals surface area contributed by atoms with Gasteiger partial charge in [-0.05, 0) is 37.4 Å². The Hall–Kier alpha value is -2.53. The summed E-state index contributed by atoms with van der Waals surface area (Å²) in [6.07, 6.45) is 0. The fraction of sp³-hybridized carbons (Fsp3) is 0.300. The van der Waals surface area contributed by atoms with Crippen molar-refractivity contribution in [2.45, 2.75) is 13.8 Å². The zero-order valence-corrected chi connectivity index (χ0v) is 14.7. The molecule has 0 amide bonds. The molecule has 5 heteroatoms. The van der Waals surface area contributed by atoms with Crippen molar-refractivity contribution in [3.05, 3.63) is 54.3 Å². The van der Waals surface area contributed by atoms with Crippen molar-refractivity contribution in [2.75, 3.05) is 31.5 Å². The average molecular weight is 338 g/mol. The van der Waals surface area contributed by atoms with Gasteiger partial charge in [-0.1, -0.05) is 38.1 Å². The van der Waals surface area contributed by atoms with Gasteiger partial charge in [0.15, 0.2) is 5.82 Å². The third kappa shape index (κ3) is 3.94. The van der Waals surface area contributed by atoms with Crippen LogP contribution in [-0.4, -0.2) is 41.0 Å². The Kier molecular flexibility index (Phi) is 5.56. The molecular weight excluding hydrogens is 315 g/mol. The minimum atomic E-state index is -0.313. The van der Waals surface area contributed by atoms with Gasteiger partial charge < -0.3 is 10.2 Å². The molecule has 25 heavy (non-hydrogen) atoms. The third-order valence-corrected chi connectivity index (χ3v) is 4.33. The molecule has 0 aliphatic rings. The summed E-state index contributed by atoms with van der Waals surface area (Å²) in [5.74, 6) is 0.838. The van der Waals surface area contributed by atoms with Crippen LogP contribution in [-0.2, 0) is 0 Å². The number of anilines is 1. The van der Waals surface area contributed by atoms with Crippen LogP contribution in [0.15, 0.2) is 48.5 Å². The van der Waals surface area contributed by atoms with E-state index < -0.39 is 0 Å². The van der Waals surface area contributed by atoms with E-state index in [0.717, 1.165) is 42.9 Å². The van der Waals surface area contributed by atoms with Gasteiger partial charge in [0.25, 0.3) is 0 Å². The summed E-state index contributed by atoms with van der Waals surface area (Å²) in [5, 5.41) is 4.35. The Morgan fingerprint density at radius 1 is 0.960 bits per heavy atom. The molecule has 4 nitrogen and oxygen atoms in total. The molecule has 0 aliphatic carbocycles. The number of aromatic nitrogens is 2. The van der Waals surface area contributed by atoms with Gasteiger partial charge in [0, 0.05) is 18.5 Å². The smallest absolute Gasteiger partial charge is 0.165 e. The Balaban J connectivity index is 1.94. The molecule has 1 N–H and O–H groups in total. The van der Waals surface area contributed by atoms with E-state index in [2.05, 4.69) is 34.0 Å². The predicted octanol–water partition coefficient (Wildman–Crippen LogP) is 4.19. The number of likely N-dealkylation sites (N-methyl/N-ethyl adjacent to an activating group) is 1. The van der Waals surface area contributed by atoms with Crippen molar-refractivity contribution in [1.29, 1.82) is 0 Å². The first-order chi connectivity index (χ1) is 12.2. The van der Waals surface area contributed by atoms with Crippen LogP contribution in [0.4, 0.5) is 10.2 Å². The summed E-state index contributed by atoms with van der Waals surface area (Å²) < 4.78 is 14.1. The van der Waals surface area contributed by atoms with Gasteiger partial charge in [0.1, 0.15) is 11.6 Å². The standard InChI is InChI=1S/C20H23FN4/c1-3-25(4-2)14-13-22-19-16-10-6-8-12-18(16)23-20(24-19)15-9-5-7-11-17(15)21/h5-12H,3-4,13-14H2,1-2H3,(H,22,23,24). The van der Waals surface area contributed by atoms with E-state index in [1.165, 1.54) is 6.07 Å². The molecule has 0 atom stereocenters. The fourth-order valence-electron chi connectivity index (χ4n) is 2.85. The molecule has 0 bridgehead atoms. The number of benzene rings is 2. The van der Waals surface area contributed by atoms with Crippen LogP contribution in [0.2, 0.25) is 0 Å². The average Bonchev–Trinajstić information content (AvgIpc) is 2.65. The molecule has 1 heterocycles. The zero-order valence-electron chi connectivity index (χ0n) is 14.7. The molecule has 1 aromatic heterocycles. The third-order valence-electron chi connectivity index (χ3n) is 4.33. The topological polar surface area (TPSA) is 41.0 Å². The van der Waals surface area contributed by atoms with E-state index in [-0.39, 0.29) is 5.82 Å². The first-order valence-electron chi connectivity index (χ1n) is 8.70. The van der Waals surface area contributed by atoms with Gasteiger partial charge in [-0.2, -0.15) is 0 Å². The Labute approximate surface area is 147 Å². The summed E-state index contributed by atoms with van der Waals surface area (Å²) in [4.78, 5) is 11.5. The number of para-hydroxylation sites is 1. The van der Waals surface area contributed by atoms with Crippen LogP contribution in [0.5, 0.6) is 0 Å². The molecular formula is C20H23FN4. The first-order valence-corrected chi connectivity index (χ1v) is 8.70. The molecule has 0 aliphatic heterocycles. The number of hydrogen-bond donors (Lipinski definition) is 1. The summed E-state index contributed by atoms with van der Waals surface area (Å²) in [6, 6.07) is 14.4. The van der Waals surface area contributed by atoms with Crippen molar-refractivity contribution in [1.82, 2.24) is 14.9 Å². The molecule has 0 spiro atoms. The van der Waals surface area contributed by atoms with Gasteiger partial charge in [0.05, 0.1) is 11.1 Å². The van der Waals surface area contributed by atoms with Crippen molar-refractivity contribution in [2.24, 2.45) is 0 Å². The van der Waals surface area contributed by atoms with E-state index in [1.54, 1.807) is 18.2 Å². The number of halogens is 1. The van der Waals surface area contributed by atoms with Crippen LogP contribution in [0, 0.1) is 5.82 Å². The highest BCUT2D eigenvalue weighted by Crippen LogP contribution is 2.26. The lowest BCUT2D eigenvalue weighted by Gasteiger charge is -2.18. The predicted molar refractivity (Wildman–Crippen MR) is 101 cm³/mol. The van der Waals surface area contributed by atoms with E-state index >= 15 is 0 Å². The highest BCUT2D eigenvalue weighted by molar-refractivity contribution is 5.90. The number of nitrogens with one attached hydrogen (secondary N) is 1. The van der Waals surface area contributed by atoms with Crippen molar-refractivity contribution >= 4 is 16.7 Å². The Morgan fingerprint density at radius 3 is 2.44 bits per heavy atom. The SMILES string of the molecule is CCN(CC)CCNc1nc(-c2ccccc2F)nc2ccccc12. The molecule has 2 aromatic carbocycles. The van der Waals surface area contributed by atoms with E-state index in [1.807, 2.05) is 24.3 Å². The quantitative estimate of drug-likeness (QED) is 0.701. The van der Waals surface area contributed by atoms with Crippen molar-refractivity contribution in [3.8, 4) is 11.4 Å². The van der Waals surface area contributed by atoms with Crippen LogP contribution in [0.25, 0.3) is 22.3 Å². The van der Waals surface area contributed by atoms with Crippen LogP contribution >= 0.6 is 0 Å². The molecule has 3 aromatic rings. The second kappa shape index (κ2) is 8.03. The van der Waals surface area contributed by atoms with Crippen LogP contribution in [0.1, 0.15) is 13.8 Å². The Morgan fingerprint density at radius 2 is 1.68 bits per heavy atom. The first kappa shape index (κ1) is 17.3. The lowest BCUT2D eigenvalue weighted by atomic mass is 10.1. The minimum absolute atomic E-state index is 0.313. The molecule has 0 saturated heterocycles. The largest absolute Gasteiger partial charge is 0.368 e. The number of nitrogens with zero attached hydrogens (tertiary/aromatic N) is 3. The maximum atomic E-state index is 14.1. The van der Waals surface area contributed by atoms with Gasteiger partial charge >= 0.3 is 0 Å². The Bertz CT molecular complexity index is 846. The summed E-state index contributed by atoms with van der Waals surface area (Å²) in [6.45, 7) is 8.05. The van der Waals surface area contributed by atoms with Crippen LogP contribution < -0.4 is 5.32 Å². The lowest BCUT2D eigenvalue weighted by Crippen LogP contribution is -2.28. The molecule has 0 radical (unpaired) electrons. The molecule has 130 valence electrons. The van der Waals surface area contributed by atoms with Gasteiger partial charge in [0.2, 0.25) is 0 Å². The minimum Gasteiger partial charge on any atom is -0.368 e. The summed E-state index contributed by atoms with van der Waals surface area (Å²) >= 11 is 0. The second-order valence-electron chi connectivity index (χ2n) is 5.85. The summed E-state index contributed by atoms with van der Waals surface area (Å²) in [5.41, 5.74) is 1.22. The monoisotopic (exact) mass is 338 g/mol. The maximum absolute atomic E-state index is 14.1. The van der Waals surface area contributed by atoms with Gasteiger partial charge in [-0.15, -0.1) is 0 Å². The van der Waals surface area contributed by atoms with E-state index in [0.29, 0.717) is 11.4 Å². The van der Waals surface area contributed by atoms with E-state index in [9.17, 15) is 4.39 Å². The molecule has 0 saturated carbocycles. The van der Waals surface area contributed by atoms with Crippen molar-refractivity contribution in [3.63, 3.8) is 0 Å². The fourth-order valence-corrected chi connectivity index (χ4v) is 2.85. The maximum Gasteiger partial charge on any atom is 0.165 e. The van der Waals surface area contributed by atoms with E-state index in [4.69, 9.17) is 0 Å². The molecule has 3 rings (SSSR count). The second-order valence-corrected chi connectivity index (χ2v) is 5.85. The lowest BCUT2D eigenvalue weighted by molar-refractivity contribution is 0.316. The molecule has 0 fully saturated rings. The highest BCUT2D eigenvalue weighted by atomic mass is 19.1. The summed E-state index contributed by atoms with van der Waals surface area (Å²) in [7, 11) is 0.